The Kier molecular flexibility index (Phi) is 4.81. The number of anilines is 1. The van der Waals surface area contributed by atoms with Crippen molar-refractivity contribution in [3.63, 3.8) is 0 Å². The highest BCUT2D eigenvalue weighted by Gasteiger charge is 2.08. The molecule has 1 aromatic heterocycles. The molecule has 2 aromatic rings. The molecule has 0 radical (unpaired) electrons. The number of amides is 1. The predicted octanol–water partition coefficient (Wildman–Crippen LogP) is 3.19. The summed E-state index contributed by atoms with van der Waals surface area (Å²) in [7, 11) is 1.62. The minimum absolute atomic E-state index is 0.0646. The zero-order valence-electron chi connectivity index (χ0n) is 10.7. The zero-order chi connectivity index (χ0) is 13.7. The summed E-state index contributed by atoms with van der Waals surface area (Å²) in [6.45, 7) is 1.90. The Morgan fingerprint density at radius 3 is 2.95 bits per heavy atom. The number of thiazole rings is 1. The van der Waals surface area contributed by atoms with E-state index in [0.29, 0.717) is 10.9 Å². The molecule has 0 saturated carbocycles. The first-order valence-electron chi connectivity index (χ1n) is 5.67. The molecule has 6 heteroatoms. The Bertz CT molecular complexity index is 569. The summed E-state index contributed by atoms with van der Waals surface area (Å²) in [5.41, 5.74) is 0.915. The smallest absolute Gasteiger partial charge is 0.236 e. The van der Waals surface area contributed by atoms with E-state index in [4.69, 9.17) is 4.74 Å². The van der Waals surface area contributed by atoms with Crippen molar-refractivity contribution in [3.8, 4) is 5.75 Å². The van der Waals surface area contributed by atoms with Crippen LogP contribution in [0.3, 0.4) is 0 Å². The van der Waals surface area contributed by atoms with Crippen molar-refractivity contribution in [3.05, 3.63) is 35.3 Å². The van der Waals surface area contributed by atoms with Crippen LogP contribution in [0.1, 0.15) is 5.69 Å². The molecule has 1 N–H and O–H groups in total. The van der Waals surface area contributed by atoms with Crippen LogP contribution in [0.2, 0.25) is 0 Å². The number of aromatic nitrogens is 1. The van der Waals surface area contributed by atoms with E-state index in [-0.39, 0.29) is 5.91 Å². The number of methoxy groups -OCH3 is 1. The number of carbonyl (C=O) groups excluding carboxylic acids is 1. The maximum Gasteiger partial charge on any atom is 0.236 e. The largest absolute Gasteiger partial charge is 0.496 e. The lowest BCUT2D eigenvalue weighted by Gasteiger charge is -2.07. The van der Waals surface area contributed by atoms with Crippen LogP contribution in [0.5, 0.6) is 5.75 Å². The molecule has 0 unspecified atom stereocenters. The van der Waals surface area contributed by atoms with E-state index in [2.05, 4.69) is 10.3 Å². The number of para-hydroxylation sites is 1. The summed E-state index contributed by atoms with van der Waals surface area (Å²) >= 11 is 2.88. The fourth-order valence-electron chi connectivity index (χ4n) is 1.45. The highest BCUT2D eigenvalue weighted by Crippen LogP contribution is 2.28. The van der Waals surface area contributed by atoms with Crippen LogP contribution in [-0.4, -0.2) is 23.8 Å². The van der Waals surface area contributed by atoms with Crippen LogP contribution >= 0.6 is 23.1 Å². The second-order valence-corrected chi connectivity index (χ2v) is 5.66. The van der Waals surface area contributed by atoms with E-state index in [1.165, 1.54) is 23.1 Å². The third-order valence-corrected chi connectivity index (χ3v) is 4.22. The first-order valence-corrected chi connectivity index (χ1v) is 7.53. The summed E-state index contributed by atoms with van der Waals surface area (Å²) < 4.78 is 5.24. The van der Waals surface area contributed by atoms with Gasteiger partial charge < -0.3 is 10.1 Å². The molecule has 0 aliphatic heterocycles. The van der Waals surface area contributed by atoms with Crippen LogP contribution < -0.4 is 10.1 Å². The zero-order valence-corrected chi connectivity index (χ0v) is 12.3. The Morgan fingerprint density at radius 2 is 2.26 bits per heavy atom. The lowest BCUT2D eigenvalue weighted by molar-refractivity contribution is -0.113. The van der Waals surface area contributed by atoms with Gasteiger partial charge in [-0.1, -0.05) is 12.1 Å². The molecule has 0 atom stereocenters. The van der Waals surface area contributed by atoms with E-state index in [1.54, 1.807) is 7.11 Å². The van der Waals surface area contributed by atoms with Gasteiger partial charge in [0.25, 0.3) is 0 Å². The fourth-order valence-corrected chi connectivity index (χ4v) is 2.98. The van der Waals surface area contributed by atoms with Crippen LogP contribution in [0, 0.1) is 6.92 Å². The predicted molar refractivity (Wildman–Crippen MR) is 79.2 cm³/mol. The molecule has 1 heterocycles. The second kappa shape index (κ2) is 6.58. The number of thioether (sulfide) groups is 1. The van der Waals surface area contributed by atoms with Gasteiger partial charge in [0.05, 0.1) is 18.6 Å². The average molecular weight is 294 g/mol. The molecule has 1 amide bonds. The van der Waals surface area contributed by atoms with Crippen LogP contribution in [-0.2, 0) is 4.79 Å². The van der Waals surface area contributed by atoms with Crippen molar-refractivity contribution in [1.82, 2.24) is 4.98 Å². The minimum Gasteiger partial charge on any atom is -0.496 e. The maximum atomic E-state index is 11.8. The molecule has 4 nitrogen and oxygen atoms in total. The van der Waals surface area contributed by atoms with Crippen molar-refractivity contribution in [1.29, 1.82) is 0 Å². The van der Waals surface area contributed by atoms with Gasteiger partial charge in [-0.25, -0.2) is 4.98 Å². The average Bonchev–Trinajstić information content (AvgIpc) is 2.82. The quantitative estimate of drug-likeness (QED) is 0.860. The molecule has 0 saturated heterocycles. The Morgan fingerprint density at radius 1 is 1.47 bits per heavy atom. The van der Waals surface area contributed by atoms with Crippen molar-refractivity contribution in [2.24, 2.45) is 0 Å². The van der Waals surface area contributed by atoms with Gasteiger partial charge in [-0.3, -0.25) is 4.79 Å². The molecular weight excluding hydrogens is 280 g/mol. The van der Waals surface area contributed by atoms with Crippen LogP contribution in [0.15, 0.2) is 34.5 Å². The lowest BCUT2D eigenvalue weighted by Crippen LogP contribution is -2.13. The maximum absolute atomic E-state index is 11.8. The molecule has 0 aliphatic carbocycles. The second-order valence-electron chi connectivity index (χ2n) is 3.78. The van der Waals surface area contributed by atoms with Crippen molar-refractivity contribution >= 4 is 34.1 Å². The summed E-state index contributed by atoms with van der Waals surface area (Å²) in [6.07, 6.45) is 0. The highest BCUT2D eigenvalue weighted by molar-refractivity contribution is 8.00. The molecule has 1 aromatic carbocycles. The van der Waals surface area contributed by atoms with Gasteiger partial charge in [0.2, 0.25) is 5.91 Å². The summed E-state index contributed by atoms with van der Waals surface area (Å²) in [5, 5.41) is 5.32. The number of hydrogen-bond acceptors (Lipinski definition) is 5. The van der Waals surface area contributed by atoms with Crippen LogP contribution in [0.25, 0.3) is 0 Å². The summed E-state index contributed by atoms with van der Waals surface area (Å²) in [4.78, 5) is 16.9. The Labute approximate surface area is 120 Å². The molecule has 19 heavy (non-hydrogen) atoms. The number of rotatable bonds is 5. The molecule has 0 aliphatic rings. The molecule has 0 fully saturated rings. The fraction of sp³-hybridized carbons (Fsp3) is 0.231. The Hall–Kier alpha value is -1.53. The van der Waals surface area contributed by atoms with Gasteiger partial charge in [0, 0.05) is 10.3 Å². The number of ether oxygens (including phenoxy) is 1. The standard InChI is InChI=1S/C13H14N2O2S2/c1-9-7-19-13(14-9)15-12(16)8-18-11-6-4-3-5-10(11)17-2/h3-7H,8H2,1-2H3,(H,14,15,16). The van der Waals surface area contributed by atoms with Gasteiger partial charge >= 0.3 is 0 Å². The Balaban J connectivity index is 1.89. The number of aryl methyl sites for hydroxylation is 1. The third-order valence-electron chi connectivity index (χ3n) is 2.29. The van der Waals surface area contributed by atoms with Crippen molar-refractivity contribution < 1.29 is 9.53 Å². The number of carbonyl (C=O) groups is 1. The van der Waals surface area contributed by atoms with Crippen molar-refractivity contribution in [2.45, 2.75) is 11.8 Å². The lowest BCUT2D eigenvalue weighted by atomic mass is 10.3. The normalized spacial score (nSPS) is 10.2. The molecular formula is C13H14N2O2S2. The minimum atomic E-state index is -0.0646. The van der Waals surface area contributed by atoms with E-state index in [1.807, 2.05) is 36.6 Å². The van der Waals surface area contributed by atoms with E-state index < -0.39 is 0 Å². The van der Waals surface area contributed by atoms with Gasteiger partial charge in [-0.15, -0.1) is 23.1 Å². The first-order chi connectivity index (χ1) is 9.19. The molecule has 0 bridgehead atoms. The van der Waals surface area contributed by atoms with Gasteiger partial charge in [-0.05, 0) is 19.1 Å². The topological polar surface area (TPSA) is 51.2 Å². The number of nitrogens with one attached hydrogen (secondary N) is 1. The SMILES string of the molecule is COc1ccccc1SCC(=O)Nc1nc(C)cs1. The monoisotopic (exact) mass is 294 g/mol. The first kappa shape index (κ1) is 13.9. The number of hydrogen-bond donors (Lipinski definition) is 1. The van der Waals surface area contributed by atoms with Gasteiger partial charge in [0.15, 0.2) is 5.13 Å². The molecule has 0 spiro atoms. The third kappa shape index (κ3) is 3.97. The number of benzene rings is 1. The van der Waals surface area contributed by atoms with Gasteiger partial charge in [-0.2, -0.15) is 0 Å². The van der Waals surface area contributed by atoms with E-state index in [0.717, 1.165) is 16.3 Å². The molecule has 2 rings (SSSR count). The van der Waals surface area contributed by atoms with E-state index >= 15 is 0 Å². The van der Waals surface area contributed by atoms with Crippen LogP contribution in [0.4, 0.5) is 5.13 Å². The number of nitrogens with zero attached hydrogens (tertiary/aromatic N) is 1. The molecule has 100 valence electrons. The van der Waals surface area contributed by atoms with E-state index in [9.17, 15) is 4.79 Å². The summed E-state index contributed by atoms with van der Waals surface area (Å²) in [6, 6.07) is 7.64. The summed E-state index contributed by atoms with van der Waals surface area (Å²) in [5.74, 6) is 1.05. The van der Waals surface area contributed by atoms with Gasteiger partial charge in [0.1, 0.15) is 5.75 Å². The highest BCUT2D eigenvalue weighted by atomic mass is 32.2. The van der Waals surface area contributed by atoms with Crippen molar-refractivity contribution in [2.75, 3.05) is 18.2 Å².